The molecule has 5 heteroatoms. The van der Waals surface area contributed by atoms with Crippen molar-refractivity contribution in [3.63, 3.8) is 0 Å². The fourth-order valence-corrected chi connectivity index (χ4v) is 3.71. The zero-order valence-corrected chi connectivity index (χ0v) is 17.3. The molecule has 0 saturated heterocycles. The summed E-state index contributed by atoms with van der Waals surface area (Å²) in [6, 6.07) is 20.2. The minimum Gasteiger partial charge on any atom is -0.346 e. The molecule has 148 valence electrons. The van der Waals surface area contributed by atoms with E-state index in [4.69, 9.17) is 4.98 Å². The summed E-state index contributed by atoms with van der Waals surface area (Å²) < 4.78 is 0. The van der Waals surface area contributed by atoms with E-state index in [0.29, 0.717) is 11.5 Å². The van der Waals surface area contributed by atoms with E-state index in [1.807, 2.05) is 57.2 Å². The summed E-state index contributed by atoms with van der Waals surface area (Å²) in [5.41, 5.74) is 3.35. The molecule has 1 unspecified atom stereocenters. The smallest absolute Gasteiger partial charge is 0.270 e. The van der Waals surface area contributed by atoms with E-state index in [0.717, 1.165) is 23.5 Å². The fourth-order valence-electron chi connectivity index (χ4n) is 3.71. The molecule has 0 fully saturated rings. The Kier molecular flexibility index (Phi) is 4.82. The Labute approximate surface area is 171 Å². The molecule has 0 spiro atoms. The average molecular weight is 386 g/mol. The maximum Gasteiger partial charge on any atom is 0.270 e. The van der Waals surface area contributed by atoms with Crippen molar-refractivity contribution in [2.24, 2.45) is 0 Å². The third kappa shape index (κ3) is 3.99. The first-order chi connectivity index (χ1) is 13.8. The SMILES string of the molecule is CC1Cc2ccccc2N1c1cc(C(=O)NC(C)(C)C)nc(-c2ccccc2)n1. The van der Waals surface area contributed by atoms with Crippen LogP contribution in [0.15, 0.2) is 60.7 Å². The molecule has 1 aliphatic rings. The highest BCUT2D eigenvalue weighted by Crippen LogP contribution is 2.38. The Bertz CT molecular complexity index is 1040. The van der Waals surface area contributed by atoms with Gasteiger partial charge < -0.3 is 10.2 Å². The summed E-state index contributed by atoms with van der Waals surface area (Å²) in [5.74, 6) is 1.10. The van der Waals surface area contributed by atoms with E-state index in [9.17, 15) is 4.79 Å². The lowest BCUT2D eigenvalue weighted by molar-refractivity contribution is 0.0914. The molecule has 1 aliphatic heterocycles. The predicted octanol–water partition coefficient (Wildman–Crippen LogP) is 4.75. The highest BCUT2D eigenvalue weighted by molar-refractivity contribution is 5.94. The number of carbonyl (C=O) groups excluding carboxylic acids is 1. The van der Waals surface area contributed by atoms with Gasteiger partial charge >= 0.3 is 0 Å². The molecular formula is C24H26N4O. The van der Waals surface area contributed by atoms with Gasteiger partial charge in [0.15, 0.2) is 5.82 Å². The van der Waals surface area contributed by atoms with E-state index >= 15 is 0 Å². The van der Waals surface area contributed by atoms with Crippen molar-refractivity contribution in [3.05, 3.63) is 71.9 Å². The largest absolute Gasteiger partial charge is 0.346 e. The molecule has 0 saturated carbocycles. The first-order valence-corrected chi connectivity index (χ1v) is 9.96. The molecule has 0 bridgehead atoms. The number of hydrogen-bond donors (Lipinski definition) is 1. The van der Waals surface area contributed by atoms with Gasteiger partial charge in [-0.05, 0) is 45.7 Å². The van der Waals surface area contributed by atoms with Crippen LogP contribution in [-0.2, 0) is 6.42 Å². The number of para-hydroxylation sites is 1. The lowest BCUT2D eigenvalue weighted by Crippen LogP contribution is -2.41. The second-order valence-electron chi connectivity index (χ2n) is 8.56. The number of benzene rings is 2. The van der Waals surface area contributed by atoms with E-state index in [1.165, 1.54) is 5.56 Å². The third-order valence-corrected chi connectivity index (χ3v) is 4.92. The second-order valence-corrected chi connectivity index (χ2v) is 8.56. The molecule has 29 heavy (non-hydrogen) atoms. The zero-order chi connectivity index (χ0) is 20.6. The van der Waals surface area contributed by atoms with Gasteiger partial charge in [0.05, 0.1) is 0 Å². The van der Waals surface area contributed by atoms with E-state index < -0.39 is 0 Å². The van der Waals surface area contributed by atoms with Gasteiger partial charge in [0, 0.05) is 28.9 Å². The third-order valence-electron chi connectivity index (χ3n) is 4.92. The molecule has 1 amide bonds. The molecule has 1 aromatic heterocycles. The van der Waals surface area contributed by atoms with Crippen molar-refractivity contribution >= 4 is 17.4 Å². The number of amides is 1. The first-order valence-electron chi connectivity index (χ1n) is 9.96. The molecule has 2 aromatic carbocycles. The number of carbonyl (C=O) groups is 1. The van der Waals surface area contributed by atoms with Crippen molar-refractivity contribution in [3.8, 4) is 11.4 Å². The topological polar surface area (TPSA) is 58.1 Å². The fraction of sp³-hybridized carbons (Fsp3) is 0.292. The normalized spacial score (nSPS) is 15.9. The minimum absolute atomic E-state index is 0.196. The van der Waals surface area contributed by atoms with Gasteiger partial charge in [0.2, 0.25) is 0 Å². The van der Waals surface area contributed by atoms with E-state index in [1.54, 1.807) is 6.07 Å². The minimum atomic E-state index is -0.345. The summed E-state index contributed by atoms with van der Waals surface area (Å²) >= 11 is 0. The molecule has 1 atom stereocenters. The van der Waals surface area contributed by atoms with E-state index in [2.05, 4.69) is 40.3 Å². The predicted molar refractivity (Wildman–Crippen MR) is 116 cm³/mol. The molecule has 3 aromatic rings. The van der Waals surface area contributed by atoms with Crippen molar-refractivity contribution < 1.29 is 4.79 Å². The number of nitrogens with one attached hydrogen (secondary N) is 1. The maximum absolute atomic E-state index is 12.9. The van der Waals surface area contributed by atoms with Gasteiger partial charge in [-0.3, -0.25) is 4.79 Å². The Hall–Kier alpha value is -3.21. The van der Waals surface area contributed by atoms with Crippen LogP contribution in [0.1, 0.15) is 43.7 Å². The molecule has 4 rings (SSSR count). The first kappa shape index (κ1) is 19.1. The van der Waals surface area contributed by atoms with Crippen LogP contribution in [0.5, 0.6) is 0 Å². The number of nitrogens with zero attached hydrogens (tertiary/aromatic N) is 3. The van der Waals surface area contributed by atoms with Gasteiger partial charge in [-0.25, -0.2) is 9.97 Å². The number of fused-ring (bicyclic) bond motifs is 1. The lowest BCUT2D eigenvalue weighted by Gasteiger charge is -2.25. The summed E-state index contributed by atoms with van der Waals surface area (Å²) in [6.45, 7) is 8.07. The summed E-state index contributed by atoms with van der Waals surface area (Å²) in [7, 11) is 0. The number of hydrogen-bond acceptors (Lipinski definition) is 4. The van der Waals surface area contributed by atoms with Crippen LogP contribution in [0.25, 0.3) is 11.4 Å². The Morgan fingerprint density at radius 1 is 1.03 bits per heavy atom. The van der Waals surface area contributed by atoms with Crippen molar-refractivity contribution in [1.29, 1.82) is 0 Å². The van der Waals surface area contributed by atoms with Crippen LogP contribution in [-0.4, -0.2) is 27.5 Å². The Morgan fingerprint density at radius 3 is 2.45 bits per heavy atom. The highest BCUT2D eigenvalue weighted by atomic mass is 16.2. The maximum atomic E-state index is 12.9. The van der Waals surface area contributed by atoms with Gasteiger partial charge in [-0.2, -0.15) is 0 Å². The van der Waals surface area contributed by atoms with Gasteiger partial charge in [-0.15, -0.1) is 0 Å². The molecule has 2 heterocycles. The van der Waals surface area contributed by atoms with Crippen LogP contribution >= 0.6 is 0 Å². The molecular weight excluding hydrogens is 360 g/mol. The van der Waals surface area contributed by atoms with Crippen molar-refractivity contribution in [2.75, 3.05) is 4.90 Å². The van der Waals surface area contributed by atoms with E-state index in [-0.39, 0.29) is 17.5 Å². The van der Waals surface area contributed by atoms with Crippen molar-refractivity contribution in [1.82, 2.24) is 15.3 Å². The number of rotatable bonds is 3. The summed E-state index contributed by atoms with van der Waals surface area (Å²) in [6.07, 6.45) is 0.949. The Balaban J connectivity index is 1.83. The summed E-state index contributed by atoms with van der Waals surface area (Å²) in [5, 5.41) is 3.01. The summed E-state index contributed by atoms with van der Waals surface area (Å²) in [4.78, 5) is 24.6. The van der Waals surface area contributed by atoms with Gasteiger partial charge in [0.1, 0.15) is 11.5 Å². The molecule has 1 N–H and O–H groups in total. The number of anilines is 2. The molecule has 0 aliphatic carbocycles. The van der Waals surface area contributed by atoms with Crippen LogP contribution in [0.3, 0.4) is 0 Å². The van der Waals surface area contributed by atoms with Crippen LogP contribution < -0.4 is 10.2 Å². The van der Waals surface area contributed by atoms with Crippen LogP contribution in [0.4, 0.5) is 11.5 Å². The zero-order valence-electron chi connectivity index (χ0n) is 17.3. The van der Waals surface area contributed by atoms with Gasteiger partial charge in [0.25, 0.3) is 5.91 Å². The Morgan fingerprint density at radius 2 is 1.72 bits per heavy atom. The second kappa shape index (κ2) is 7.32. The average Bonchev–Trinajstić information content (AvgIpc) is 3.02. The molecule has 0 radical (unpaired) electrons. The van der Waals surface area contributed by atoms with Crippen molar-refractivity contribution in [2.45, 2.75) is 45.7 Å². The lowest BCUT2D eigenvalue weighted by atomic mass is 10.1. The molecule has 5 nitrogen and oxygen atoms in total. The van der Waals surface area contributed by atoms with Gasteiger partial charge in [-0.1, -0.05) is 48.5 Å². The monoisotopic (exact) mass is 386 g/mol. The highest BCUT2D eigenvalue weighted by Gasteiger charge is 2.29. The van der Waals surface area contributed by atoms with Crippen LogP contribution in [0.2, 0.25) is 0 Å². The quantitative estimate of drug-likeness (QED) is 0.705. The standard InChI is InChI=1S/C24H26N4O/c1-16-14-18-12-8-9-13-20(18)28(16)21-15-19(23(29)27-24(2,3)4)25-22(26-21)17-10-6-5-7-11-17/h5-13,15-16H,14H2,1-4H3,(H,27,29). The number of aromatic nitrogens is 2. The van der Waals surface area contributed by atoms with Crippen LogP contribution in [0, 0.1) is 0 Å².